The molecule has 6 heteroatoms. The fourth-order valence-electron chi connectivity index (χ4n) is 5.22. The lowest BCUT2D eigenvalue weighted by Crippen LogP contribution is -2.44. The van der Waals surface area contributed by atoms with Gasteiger partial charge in [-0.15, -0.1) is 11.3 Å². The van der Waals surface area contributed by atoms with Gasteiger partial charge in [0.2, 0.25) is 5.91 Å². The number of hydrogen-bond donors (Lipinski definition) is 2. The van der Waals surface area contributed by atoms with Crippen LogP contribution >= 0.6 is 11.3 Å². The number of amides is 2. The minimum Gasteiger partial charge on any atom is -0.391 e. The fraction of sp³-hybridized carbons (Fsp3) is 0.520. The SMILES string of the molecule is CC(=O)NC[C@]1(c2ccccc2)CC[C@@H](O)[C@H](N(C)C(=O)c2cc3c(s2)CCC3)CC1. The van der Waals surface area contributed by atoms with E-state index in [1.54, 1.807) is 16.2 Å². The van der Waals surface area contributed by atoms with Gasteiger partial charge in [0.15, 0.2) is 0 Å². The average molecular weight is 441 g/mol. The van der Waals surface area contributed by atoms with Gasteiger partial charge < -0.3 is 15.3 Å². The summed E-state index contributed by atoms with van der Waals surface area (Å²) in [4.78, 5) is 28.8. The molecule has 4 rings (SSSR count). The second-order valence-electron chi connectivity index (χ2n) is 9.10. The number of fused-ring (bicyclic) bond motifs is 1. The Labute approximate surface area is 188 Å². The van der Waals surface area contributed by atoms with E-state index < -0.39 is 6.10 Å². The van der Waals surface area contributed by atoms with Crippen molar-refractivity contribution in [3.63, 3.8) is 0 Å². The number of aryl methyl sites for hydroxylation is 2. The number of benzene rings is 1. The molecule has 166 valence electrons. The van der Waals surface area contributed by atoms with E-state index in [4.69, 9.17) is 0 Å². The van der Waals surface area contributed by atoms with Gasteiger partial charge >= 0.3 is 0 Å². The van der Waals surface area contributed by atoms with E-state index in [0.717, 1.165) is 30.6 Å². The summed E-state index contributed by atoms with van der Waals surface area (Å²) in [5.74, 6) is -0.0350. The molecule has 2 amide bonds. The van der Waals surface area contributed by atoms with E-state index in [-0.39, 0.29) is 23.3 Å². The van der Waals surface area contributed by atoms with Crippen LogP contribution in [0.2, 0.25) is 0 Å². The van der Waals surface area contributed by atoms with Gasteiger partial charge in [0.05, 0.1) is 17.0 Å². The van der Waals surface area contributed by atoms with Crippen LogP contribution in [0.4, 0.5) is 0 Å². The maximum atomic E-state index is 13.2. The zero-order valence-corrected chi connectivity index (χ0v) is 19.2. The number of likely N-dealkylation sites (N-methyl/N-ethyl adjacent to an activating group) is 1. The van der Waals surface area contributed by atoms with Crippen molar-refractivity contribution >= 4 is 23.2 Å². The summed E-state index contributed by atoms with van der Waals surface area (Å²) < 4.78 is 0. The minimum atomic E-state index is -0.580. The van der Waals surface area contributed by atoms with E-state index in [1.165, 1.54) is 29.3 Å². The third-order valence-corrected chi connectivity index (χ3v) is 8.34. The third kappa shape index (κ3) is 4.55. The van der Waals surface area contributed by atoms with Crippen LogP contribution < -0.4 is 5.32 Å². The fourth-order valence-corrected chi connectivity index (χ4v) is 6.46. The van der Waals surface area contributed by atoms with E-state index in [1.807, 2.05) is 25.2 Å². The summed E-state index contributed by atoms with van der Waals surface area (Å²) in [7, 11) is 1.82. The average Bonchev–Trinajstić information content (AvgIpc) is 3.33. The molecule has 1 aromatic heterocycles. The molecule has 2 aromatic rings. The molecule has 3 atom stereocenters. The molecule has 0 spiro atoms. The maximum Gasteiger partial charge on any atom is 0.264 e. The van der Waals surface area contributed by atoms with Gasteiger partial charge in [-0.2, -0.15) is 0 Å². The lowest BCUT2D eigenvalue weighted by atomic mass is 9.74. The molecule has 31 heavy (non-hydrogen) atoms. The normalized spacial score (nSPS) is 25.5. The number of aliphatic hydroxyl groups excluding tert-OH is 1. The number of rotatable bonds is 5. The largest absolute Gasteiger partial charge is 0.391 e. The van der Waals surface area contributed by atoms with E-state index in [0.29, 0.717) is 19.4 Å². The number of carbonyl (C=O) groups is 2. The molecule has 0 bridgehead atoms. The van der Waals surface area contributed by atoms with Gasteiger partial charge in [0.25, 0.3) is 5.91 Å². The van der Waals surface area contributed by atoms with Crippen molar-refractivity contribution < 1.29 is 14.7 Å². The van der Waals surface area contributed by atoms with Gasteiger partial charge in [-0.25, -0.2) is 0 Å². The Morgan fingerprint density at radius 1 is 1.19 bits per heavy atom. The first kappa shape index (κ1) is 22.0. The van der Waals surface area contributed by atoms with Crippen molar-refractivity contribution in [2.45, 2.75) is 69.4 Å². The van der Waals surface area contributed by atoms with Crippen molar-refractivity contribution in [1.29, 1.82) is 0 Å². The quantitative estimate of drug-likeness (QED) is 0.697. The Morgan fingerprint density at radius 2 is 1.94 bits per heavy atom. The number of carbonyl (C=O) groups excluding carboxylic acids is 2. The topological polar surface area (TPSA) is 69.6 Å². The summed E-state index contributed by atoms with van der Waals surface area (Å²) in [6, 6.07) is 12.1. The highest BCUT2D eigenvalue weighted by atomic mass is 32.1. The van der Waals surface area contributed by atoms with Crippen LogP contribution in [-0.4, -0.2) is 47.6 Å². The number of aliphatic hydroxyl groups is 1. The molecular formula is C25H32N2O3S. The Kier molecular flexibility index (Phi) is 6.49. The molecule has 5 nitrogen and oxygen atoms in total. The predicted octanol–water partition coefficient (Wildman–Crippen LogP) is 3.69. The van der Waals surface area contributed by atoms with Crippen molar-refractivity contribution in [3.05, 3.63) is 57.3 Å². The monoisotopic (exact) mass is 440 g/mol. The zero-order valence-electron chi connectivity index (χ0n) is 18.4. The Bertz CT molecular complexity index is 920. The van der Waals surface area contributed by atoms with Gasteiger partial charge in [-0.05, 0) is 62.1 Å². The number of hydrogen-bond acceptors (Lipinski definition) is 4. The smallest absolute Gasteiger partial charge is 0.264 e. The van der Waals surface area contributed by atoms with Crippen molar-refractivity contribution in [3.8, 4) is 0 Å². The molecule has 0 radical (unpaired) electrons. The van der Waals surface area contributed by atoms with Crippen LogP contribution in [0.25, 0.3) is 0 Å². The van der Waals surface area contributed by atoms with Crippen LogP contribution in [-0.2, 0) is 23.1 Å². The van der Waals surface area contributed by atoms with Crippen LogP contribution in [0.15, 0.2) is 36.4 Å². The lowest BCUT2D eigenvalue weighted by Gasteiger charge is -2.34. The number of thiophene rings is 1. The van der Waals surface area contributed by atoms with Gasteiger partial charge in [0, 0.05) is 30.8 Å². The van der Waals surface area contributed by atoms with Crippen LogP contribution in [0.5, 0.6) is 0 Å². The van der Waals surface area contributed by atoms with E-state index >= 15 is 0 Å². The van der Waals surface area contributed by atoms with Crippen molar-refractivity contribution in [2.75, 3.05) is 13.6 Å². The number of nitrogens with one attached hydrogen (secondary N) is 1. The van der Waals surface area contributed by atoms with Crippen molar-refractivity contribution in [1.82, 2.24) is 10.2 Å². The van der Waals surface area contributed by atoms with Crippen LogP contribution in [0.1, 0.15) is 64.7 Å². The first-order chi connectivity index (χ1) is 14.9. The maximum absolute atomic E-state index is 13.2. The summed E-state index contributed by atoms with van der Waals surface area (Å²) in [5, 5.41) is 14.0. The second-order valence-corrected chi connectivity index (χ2v) is 10.2. The molecule has 1 fully saturated rings. The highest BCUT2D eigenvalue weighted by Gasteiger charge is 2.40. The highest BCUT2D eigenvalue weighted by molar-refractivity contribution is 7.14. The summed E-state index contributed by atoms with van der Waals surface area (Å²) >= 11 is 1.62. The molecular weight excluding hydrogens is 408 g/mol. The minimum absolute atomic E-state index is 0.0116. The highest BCUT2D eigenvalue weighted by Crippen LogP contribution is 2.40. The predicted molar refractivity (Wildman–Crippen MR) is 124 cm³/mol. The Morgan fingerprint density at radius 3 is 2.65 bits per heavy atom. The molecule has 2 N–H and O–H groups in total. The first-order valence-corrected chi connectivity index (χ1v) is 12.1. The number of nitrogens with zero attached hydrogens (tertiary/aromatic N) is 1. The molecule has 0 aliphatic heterocycles. The first-order valence-electron chi connectivity index (χ1n) is 11.3. The molecule has 1 heterocycles. The summed E-state index contributed by atoms with van der Waals surface area (Å²) in [6.07, 6.45) is 5.61. The standard InChI is InChI=1S/C25H32N2O3S/c1-17(28)26-16-25(19-8-4-3-5-9-19)13-11-20(21(29)12-14-25)27(2)24(30)23-15-18-7-6-10-22(18)31-23/h3-5,8-9,15,20-21,29H,6-7,10-14,16H2,1-2H3,(H,26,28)/t20-,21-,25-/m1/s1. The lowest BCUT2D eigenvalue weighted by molar-refractivity contribution is -0.119. The van der Waals surface area contributed by atoms with Gasteiger partial charge in [0.1, 0.15) is 0 Å². The molecule has 1 aromatic carbocycles. The van der Waals surface area contributed by atoms with Gasteiger partial charge in [-0.3, -0.25) is 9.59 Å². The molecule has 0 unspecified atom stereocenters. The van der Waals surface area contributed by atoms with Crippen LogP contribution in [0.3, 0.4) is 0 Å². The Hall–Kier alpha value is -2.18. The van der Waals surface area contributed by atoms with Crippen LogP contribution in [0, 0.1) is 0 Å². The van der Waals surface area contributed by atoms with Gasteiger partial charge in [-0.1, -0.05) is 30.3 Å². The van der Waals surface area contributed by atoms with E-state index in [9.17, 15) is 14.7 Å². The van der Waals surface area contributed by atoms with E-state index in [2.05, 4.69) is 23.5 Å². The molecule has 1 saturated carbocycles. The second kappa shape index (κ2) is 9.13. The molecule has 2 aliphatic rings. The summed E-state index contributed by atoms with van der Waals surface area (Å²) in [5.41, 5.74) is 2.26. The third-order valence-electron chi connectivity index (χ3n) is 7.12. The van der Waals surface area contributed by atoms with Crippen molar-refractivity contribution in [2.24, 2.45) is 0 Å². The zero-order chi connectivity index (χ0) is 22.0. The molecule has 0 saturated heterocycles. The Balaban J connectivity index is 1.54. The molecule has 2 aliphatic carbocycles. The summed E-state index contributed by atoms with van der Waals surface area (Å²) in [6.45, 7) is 2.08.